The third-order valence-electron chi connectivity index (χ3n) is 2.94. The quantitative estimate of drug-likeness (QED) is 0.454. The number of pyridine rings is 1. The van der Waals surface area contributed by atoms with E-state index in [1.54, 1.807) is 23.1 Å². The van der Waals surface area contributed by atoms with Crippen LogP contribution in [0.1, 0.15) is 35.4 Å². The first kappa shape index (κ1) is 12.5. The van der Waals surface area contributed by atoms with Crippen LogP contribution in [0.3, 0.4) is 0 Å². The summed E-state index contributed by atoms with van der Waals surface area (Å²) in [6.07, 6.45) is 2.58. The maximum absolute atomic E-state index is 11.7. The molecule has 1 fully saturated rings. The van der Waals surface area contributed by atoms with Gasteiger partial charge in [-0.3, -0.25) is 15.0 Å². The highest BCUT2D eigenvalue weighted by Gasteiger charge is 2.18. The Kier molecular flexibility index (Phi) is 3.88. The second kappa shape index (κ2) is 5.59. The summed E-state index contributed by atoms with van der Waals surface area (Å²) in [6, 6.07) is 5.13. The van der Waals surface area contributed by atoms with E-state index in [1.807, 2.05) is 5.43 Å². The third-order valence-corrected chi connectivity index (χ3v) is 2.94. The first-order valence-electron chi connectivity index (χ1n) is 5.95. The van der Waals surface area contributed by atoms with Crippen LogP contribution in [0.15, 0.2) is 18.2 Å². The molecular weight excluding hydrogens is 232 g/mol. The predicted molar refractivity (Wildman–Crippen MR) is 65.2 cm³/mol. The van der Waals surface area contributed by atoms with Gasteiger partial charge in [-0.05, 0) is 25.0 Å². The van der Waals surface area contributed by atoms with E-state index in [1.165, 1.54) is 0 Å². The average molecular weight is 248 g/mol. The minimum atomic E-state index is -0.429. The van der Waals surface area contributed by atoms with E-state index in [4.69, 9.17) is 5.84 Å². The lowest BCUT2D eigenvalue weighted by atomic mass is 10.1. The Bertz CT molecular complexity index is 461. The highest BCUT2D eigenvalue weighted by Crippen LogP contribution is 2.13. The summed E-state index contributed by atoms with van der Waals surface area (Å²) in [5.41, 5.74) is 3.00. The summed E-state index contributed by atoms with van der Waals surface area (Å²) in [4.78, 5) is 29.0. The van der Waals surface area contributed by atoms with Crippen LogP contribution in [0.2, 0.25) is 0 Å². The number of rotatable bonds is 3. The van der Waals surface area contributed by atoms with Crippen LogP contribution in [0.4, 0.5) is 0 Å². The van der Waals surface area contributed by atoms with Gasteiger partial charge in [-0.1, -0.05) is 6.07 Å². The normalized spacial score (nSPS) is 15.6. The van der Waals surface area contributed by atoms with Gasteiger partial charge in [0.05, 0.1) is 12.2 Å². The number of hydrogen-bond donors (Lipinski definition) is 2. The van der Waals surface area contributed by atoms with Crippen molar-refractivity contribution in [2.75, 3.05) is 6.54 Å². The second-order valence-corrected chi connectivity index (χ2v) is 4.26. The molecule has 0 aliphatic carbocycles. The molecule has 0 bridgehead atoms. The van der Waals surface area contributed by atoms with E-state index in [-0.39, 0.29) is 11.6 Å². The van der Waals surface area contributed by atoms with Gasteiger partial charge >= 0.3 is 0 Å². The molecule has 0 unspecified atom stereocenters. The smallest absolute Gasteiger partial charge is 0.283 e. The van der Waals surface area contributed by atoms with Crippen molar-refractivity contribution < 1.29 is 9.59 Å². The van der Waals surface area contributed by atoms with Crippen LogP contribution in [-0.4, -0.2) is 28.2 Å². The fraction of sp³-hybridized carbons (Fsp3) is 0.417. The predicted octanol–water partition coefficient (Wildman–Crippen LogP) is 0.198. The summed E-state index contributed by atoms with van der Waals surface area (Å²) >= 11 is 0. The fourth-order valence-electron chi connectivity index (χ4n) is 1.99. The van der Waals surface area contributed by atoms with E-state index < -0.39 is 5.91 Å². The molecule has 1 aliphatic heterocycles. The van der Waals surface area contributed by atoms with Gasteiger partial charge in [0.1, 0.15) is 5.69 Å². The van der Waals surface area contributed by atoms with Gasteiger partial charge in [0.25, 0.3) is 5.91 Å². The first-order chi connectivity index (χ1) is 8.70. The van der Waals surface area contributed by atoms with Gasteiger partial charge in [0, 0.05) is 13.0 Å². The molecule has 0 radical (unpaired) electrons. The minimum Gasteiger partial charge on any atom is -0.337 e. The number of amides is 2. The molecule has 96 valence electrons. The molecule has 18 heavy (non-hydrogen) atoms. The van der Waals surface area contributed by atoms with Crippen LogP contribution in [0.25, 0.3) is 0 Å². The number of nitrogens with two attached hydrogens (primary N) is 1. The van der Waals surface area contributed by atoms with Crippen molar-refractivity contribution in [2.24, 2.45) is 5.84 Å². The average Bonchev–Trinajstić information content (AvgIpc) is 2.41. The molecule has 0 spiro atoms. The van der Waals surface area contributed by atoms with Crippen LogP contribution in [0.5, 0.6) is 0 Å². The molecule has 2 heterocycles. The Morgan fingerprint density at radius 1 is 1.44 bits per heavy atom. The molecule has 2 amide bonds. The van der Waals surface area contributed by atoms with Crippen molar-refractivity contribution in [3.63, 3.8) is 0 Å². The lowest BCUT2D eigenvalue weighted by Crippen LogP contribution is -2.35. The number of hydrazine groups is 1. The molecule has 0 atom stereocenters. The van der Waals surface area contributed by atoms with E-state index in [9.17, 15) is 9.59 Å². The van der Waals surface area contributed by atoms with E-state index >= 15 is 0 Å². The Morgan fingerprint density at radius 3 is 3.00 bits per heavy atom. The molecule has 1 aromatic rings. The standard InChI is InChI=1S/C12H16N4O2/c13-15-12(18)10-5-3-4-9(14-10)8-16-7-2-1-6-11(16)17/h3-5H,1-2,6-8,13H2,(H,15,18). The Morgan fingerprint density at radius 2 is 2.28 bits per heavy atom. The molecule has 1 aliphatic rings. The zero-order valence-corrected chi connectivity index (χ0v) is 10.1. The van der Waals surface area contributed by atoms with Crippen molar-refractivity contribution in [2.45, 2.75) is 25.8 Å². The molecule has 1 saturated heterocycles. The topological polar surface area (TPSA) is 88.3 Å². The van der Waals surface area contributed by atoms with Crippen molar-refractivity contribution in [3.05, 3.63) is 29.6 Å². The van der Waals surface area contributed by atoms with Gasteiger partial charge in [-0.25, -0.2) is 10.8 Å². The fourth-order valence-corrected chi connectivity index (χ4v) is 1.99. The van der Waals surface area contributed by atoms with E-state index in [2.05, 4.69) is 4.98 Å². The molecular formula is C12H16N4O2. The largest absolute Gasteiger partial charge is 0.337 e. The number of nitrogens with one attached hydrogen (secondary N) is 1. The molecule has 0 saturated carbocycles. The summed E-state index contributed by atoms with van der Waals surface area (Å²) in [7, 11) is 0. The van der Waals surface area contributed by atoms with Crippen LogP contribution >= 0.6 is 0 Å². The van der Waals surface area contributed by atoms with Crippen molar-refractivity contribution >= 4 is 11.8 Å². The maximum Gasteiger partial charge on any atom is 0.283 e. The van der Waals surface area contributed by atoms with Crippen LogP contribution in [0, 0.1) is 0 Å². The van der Waals surface area contributed by atoms with Gasteiger partial charge in [0.2, 0.25) is 5.91 Å². The Hall–Kier alpha value is -1.95. The minimum absolute atomic E-state index is 0.150. The van der Waals surface area contributed by atoms with E-state index in [0.29, 0.717) is 18.7 Å². The number of nitrogen functional groups attached to an aromatic ring is 1. The van der Waals surface area contributed by atoms with Gasteiger partial charge in [0.15, 0.2) is 0 Å². The monoisotopic (exact) mass is 248 g/mol. The summed E-state index contributed by atoms with van der Waals surface area (Å²) in [5.74, 6) is 4.78. The maximum atomic E-state index is 11.7. The number of aromatic nitrogens is 1. The lowest BCUT2D eigenvalue weighted by Gasteiger charge is -2.26. The van der Waals surface area contributed by atoms with Gasteiger partial charge in [-0.2, -0.15) is 0 Å². The number of nitrogens with zero attached hydrogens (tertiary/aromatic N) is 2. The molecule has 2 rings (SSSR count). The highest BCUT2D eigenvalue weighted by atomic mass is 16.2. The van der Waals surface area contributed by atoms with Crippen LogP contribution in [-0.2, 0) is 11.3 Å². The zero-order valence-electron chi connectivity index (χ0n) is 10.1. The first-order valence-corrected chi connectivity index (χ1v) is 5.95. The molecule has 6 nitrogen and oxygen atoms in total. The third kappa shape index (κ3) is 2.84. The molecule has 0 aromatic carbocycles. The van der Waals surface area contributed by atoms with Crippen LogP contribution < -0.4 is 11.3 Å². The highest BCUT2D eigenvalue weighted by molar-refractivity contribution is 5.91. The number of carbonyl (C=O) groups excluding carboxylic acids is 2. The number of likely N-dealkylation sites (tertiary alicyclic amines) is 1. The van der Waals surface area contributed by atoms with Gasteiger partial charge in [-0.15, -0.1) is 0 Å². The lowest BCUT2D eigenvalue weighted by molar-refractivity contribution is -0.133. The van der Waals surface area contributed by atoms with Crippen molar-refractivity contribution in [1.29, 1.82) is 0 Å². The number of piperidine rings is 1. The Balaban J connectivity index is 2.09. The van der Waals surface area contributed by atoms with E-state index in [0.717, 1.165) is 19.4 Å². The van der Waals surface area contributed by atoms with Crippen molar-refractivity contribution in [1.82, 2.24) is 15.3 Å². The summed E-state index contributed by atoms with van der Waals surface area (Å²) < 4.78 is 0. The number of hydrogen-bond acceptors (Lipinski definition) is 4. The van der Waals surface area contributed by atoms with Gasteiger partial charge < -0.3 is 4.90 Å². The molecule has 3 N–H and O–H groups in total. The number of carbonyl (C=O) groups is 2. The molecule has 1 aromatic heterocycles. The second-order valence-electron chi connectivity index (χ2n) is 4.26. The Labute approximate surface area is 105 Å². The summed E-state index contributed by atoms with van der Waals surface area (Å²) in [6.45, 7) is 1.21. The molecule has 6 heteroatoms. The summed E-state index contributed by atoms with van der Waals surface area (Å²) in [5, 5.41) is 0. The zero-order chi connectivity index (χ0) is 13.0. The van der Waals surface area contributed by atoms with Crippen molar-refractivity contribution in [3.8, 4) is 0 Å². The SMILES string of the molecule is NNC(=O)c1cccc(CN2CCCCC2=O)n1.